The number of hydrogen-bond acceptors (Lipinski definition) is 19. The molecule has 4 unspecified atom stereocenters. The van der Waals surface area contributed by atoms with Crippen LogP contribution in [-0.4, -0.2) is 175 Å². The summed E-state index contributed by atoms with van der Waals surface area (Å²) in [6, 6.07) is 0. The first-order chi connectivity index (χ1) is 56.7. The molecule has 0 saturated carbocycles. The maximum atomic E-state index is 13.2. The third kappa shape index (κ3) is 51.2. The van der Waals surface area contributed by atoms with Crippen LogP contribution in [0.4, 0.5) is 0 Å². The summed E-state index contributed by atoms with van der Waals surface area (Å²) in [4.78, 5) is 111. The van der Waals surface area contributed by atoms with Crippen LogP contribution in [0.5, 0.6) is 0 Å². The maximum absolute atomic E-state index is 13.2. The van der Waals surface area contributed by atoms with Crippen molar-refractivity contribution in [3.8, 4) is 0 Å². The molecule has 0 aromatic carbocycles. The van der Waals surface area contributed by atoms with E-state index in [0.29, 0.717) is 90.9 Å². The van der Waals surface area contributed by atoms with Crippen molar-refractivity contribution in [1.82, 2.24) is 14.7 Å². The van der Waals surface area contributed by atoms with Crippen molar-refractivity contribution in [3.63, 3.8) is 0 Å². The van der Waals surface area contributed by atoms with E-state index in [0.717, 1.165) is 154 Å². The molecule has 0 saturated heterocycles. The zero-order valence-corrected chi connectivity index (χ0v) is 75.5. The van der Waals surface area contributed by atoms with Crippen LogP contribution in [0.2, 0.25) is 0 Å². The van der Waals surface area contributed by atoms with Crippen molar-refractivity contribution in [1.29, 1.82) is 0 Å². The molecule has 0 amide bonds. The van der Waals surface area contributed by atoms with Gasteiger partial charge in [0.25, 0.3) is 0 Å². The predicted octanol–water partition coefficient (Wildman–Crippen LogP) is 21.0. The third-order valence-electron chi connectivity index (χ3n) is 22.5. The number of allylic oxidation sites excluding steroid dienone is 24. The largest absolute Gasteiger partial charge is 0.462 e. The van der Waals surface area contributed by atoms with E-state index in [1.807, 2.05) is 16.8 Å². The van der Waals surface area contributed by atoms with Crippen LogP contribution in [0.25, 0.3) is 0 Å². The molecule has 0 radical (unpaired) electrons. The molecular weight excluding hydrogens is 1490 g/mol. The van der Waals surface area contributed by atoms with Crippen LogP contribution in [0.1, 0.15) is 301 Å². The SMILES string of the molecule is CC(C)=CCC/C(C)=C/CCC1=CCC(C(=O)OCCOC(=O)CCN(CCCN(C)CCCN(CCC(=O)OCCOC(=O)C2CC=C(CC/C=C(\C)CCC=C(C)C)CC2)CCC(=O)OCCOC(=O)C2CC=C(CC/C=C(\C)CCC=C(C)C)CC2)CCC(=O)OCCOC(=O)C2CC=C(CC/C=C(\C)CCC=C(C)C)CC2)CC1. The first-order valence-electron chi connectivity index (χ1n) is 45.0. The van der Waals surface area contributed by atoms with E-state index in [9.17, 15) is 38.4 Å². The Kier molecular flexibility index (Phi) is 54.6. The summed E-state index contributed by atoms with van der Waals surface area (Å²) in [5.41, 5.74) is 16.5. The Hall–Kier alpha value is -7.48. The molecule has 0 aromatic rings. The van der Waals surface area contributed by atoms with Gasteiger partial charge in [-0.05, 0) is 309 Å². The van der Waals surface area contributed by atoms with Crippen LogP contribution < -0.4 is 0 Å². The molecule has 0 aliphatic heterocycles. The van der Waals surface area contributed by atoms with Crippen LogP contribution in [0, 0.1) is 23.7 Å². The van der Waals surface area contributed by atoms with Gasteiger partial charge in [0.15, 0.2) is 0 Å². The van der Waals surface area contributed by atoms with Gasteiger partial charge >= 0.3 is 47.8 Å². The lowest BCUT2D eigenvalue weighted by molar-refractivity contribution is -0.155. The molecular formula is C99H155N3O16. The first kappa shape index (κ1) is 103. The monoisotopic (exact) mass is 1640 g/mol. The normalized spacial score (nSPS) is 17.3. The second-order valence-corrected chi connectivity index (χ2v) is 34.2. The van der Waals surface area contributed by atoms with E-state index in [1.165, 1.54) is 66.9 Å². The summed E-state index contributed by atoms with van der Waals surface area (Å²) in [6.07, 6.45) is 54.0. The molecule has 0 fully saturated rings. The smallest absolute Gasteiger partial charge is 0.309 e. The Bertz CT molecular complexity index is 3010. The number of rotatable bonds is 60. The molecule has 0 heterocycles. The summed E-state index contributed by atoms with van der Waals surface area (Å²) in [5.74, 6) is -3.81. The van der Waals surface area contributed by atoms with Gasteiger partial charge in [-0.1, -0.05) is 140 Å². The lowest BCUT2D eigenvalue weighted by atomic mass is 9.87. The molecule has 4 rings (SSSR count). The Labute approximate surface area is 712 Å². The summed E-state index contributed by atoms with van der Waals surface area (Å²) in [6.45, 7) is 29.0. The highest BCUT2D eigenvalue weighted by Gasteiger charge is 2.28. The minimum atomic E-state index is -0.450. The molecule has 19 nitrogen and oxygen atoms in total. The number of carbonyl (C=O) groups excluding carboxylic acids is 8. The van der Waals surface area contributed by atoms with E-state index in [-0.39, 0.29) is 126 Å². The molecule has 4 aliphatic carbocycles. The topological polar surface area (TPSA) is 220 Å². The Morgan fingerprint density at radius 3 is 0.712 bits per heavy atom. The summed E-state index contributed by atoms with van der Waals surface area (Å²) in [5, 5.41) is 0. The number of esters is 8. The summed E-state index contributed by atoms with van der Waals surface area (Å²) in [7, 11) is 2.02. The van der Waals surface area contributed by atoms with E-state index < -0.39 is 23.9 Å². The second kappa shape index (κ2) is 62.6. The van der Waals surface area contributed by atoms with Gasteiger partial charge < -0.3 is 52.6 Å². The zero-order chi connectivity index (χ0) is 86.1. The van der Waals surface area contributed by atoms with Gasteiger partial charge in [0.1, 0.15) is 52.9 Å². The highest BCUT2D eigenvalue weighted by atomic mass is 16.6. The van der Waals surface area contributed by atoms with Crippen LogP contribution in [0.15, 0.2) is 140 Å². The minimum absolute atomic E-state index is 0.0378. The molecule has 19 heteroatoms. The van der Waals surface area contributed by atoms with Gasteiger partial charge in [-0.2, -0.15) is 0 Å². The van der Waals surface area contributed by atoms with E-state index >= 15 is 0 Å². The van der Waals surface area contributed by atoms with Gasteiger partial charge in [-0.25, -0.2) is 0 Å². The molecule has 118 heavy (non-hydrogen) atoms. The van der Waals surface area contributed by atoms with Crippen molar-refractivity contribution >= 4 is 47.8 Å². The molecule has 0 bridgehead atoms. The fraction of sp³-hybridized carbons (Fsp3) is 0.677. The van der Waals surface area contributed by atoms with E-state index in [1.54, 1.807) is 0 Å². The van der Waals surface area contributed by atoms with Gasteiger partial charge in [-0.3, -0.25) is 38.4 Å². The van der Waals surface area contributed by atoms with Crippen LogP contribution in [0.3, 0.4) is 0 Å². The summed E-state index contributed by atoms with van der Waals surface area (Å²) < 4.78 is 44.6. The molecule has 0 spiro atoms. The average Bonchev–Trinajstić information content (AvgIpc) is 0.897. The van der Waals surface area contributed by atoms with Gasteiger partial charge in [0.05, 0.1) is 49.4 Å². The van der Waals surface area contributed by atoms with Crippen LogP contribution in [-0.2, 0) is 76.3 Å². The first-order valence-corrected chi connectivity index (χ1v) is 45.0. The Morgan fingerprint density at radius 1 is 0.288 bits per heavy atom. The highest BCUT2D eigenvalue weighted by molar-refractivity contribution is 5.75. The Morgan fingerprint density at radius 2 is 0.508 bits per heavy atom. The van der Waals surface area contributed by atoms with Crippen molar-refractivity contribution < 1.29 is 76.3 Å². The number of nitrogens with zero attached hydrogens (tertiary/aromatic N) is 3. The molecule has 0 N–H and O–H groups in total. The average molecular weight is 1640 g/mol. The lowest BCUT2D eigenvalue weighted by Gasteiger charge is -2.25. The number of hydrogen-bond donors (Lipinski definition) is 0. The standard InChI is InChI=1S/C99H155N3O16/c1-76(2)24-14-28-80(9)32-18-36-84-40-48-88(49-41-84)96(107)115-72-68-111-92(103)56-64-101(65-57-93(104)112-69-73-116-97(108)89-50-42-85(43-51-89)37-19-33-81(10)29-15-25-77(3)4)62-22-60-100(13)61-23-63-102(66-58-94(105)113-70-74-117-98(109)90-52-44-86(45-53-90)38-20-34-82(11)30-16-26-78(5)6)67-59-95(106)114-71-75-118-99(110)91-54-46-87(47-55-91)39-21-35-83(12)31-17-27-79(7)8/h24-27,32-35,40,42,44,46,88-91H,14-23,28-31,36-39,41,43,45,47-75H2,1-13H3/b80-32+,81-33+,82-34+,83-35+. The minimum Gasteiger partial charge on any atom is -0.462 e. The fourth-order valence-electron chi connectivity index (χ4n) is 15.0. The van der Waals surface area contributed by atoms with E-state index in [2.05, 4.69) is 161 Å². The van der Waals surface area contributed by atoms with Crippen LogP contribution >= 0.6 is 0 Å². The number of carbonyl (C=O) groups is 8. The maximum Gasteiger partial charge on any atom is 0.309 e. The summed E-state index contributed by atoms with van der Waals surface area (Å²) >= 11 is 0. The van der Waals surface area contributed by atoms with Gasteiger partial charge in [-0.15, -0.1) is 0 Å². The number of ether oxygens (including phenoxy) is 8. The van der Waals surface area contributed by atoms with Crippen molar-refractivity contribution in [2.24, 2.45) is 23.7 Å². The third-order valence-corrected chi connectivity index (χ3v) is 22.5. The molecule has 4 atom stereocenters. The lowest BCUT2D eigenvalue weighted by Crippen LogP contribution is -2.34. The Balaban J connectivity index is 1.28. The van der Waals surface area contributed by atoms with Crippen molar-refractivity contribution in [2.75, 3.05) is 112 Å². The van der Waals surface area contributed by atoms with Crippen molar-refractivity contribution in [3.05, 3.63) is 140 Å². The highest BCUT2D eigenvalue weighted by Crippen LogP contribution is 2.32. The fourth-order valence-corrected chi connectivity index (χ4v) is 15.0. The molecule has 0 aromatic heterocycles. The quantitative estimate of drug-likeness (QED) is 0.0239. The zero-order valence-electron chi connectivity index (χ0n) is 75.5. The molecule has 4 aliphatic rings. The van der Waals surface area contributed by atoms with Gasteiger partial charge in [0.2, 0.25) is 0 Å². The molecule has 662 valence electrons. The van der Waals surface area contributed by atoms with Crippen molar-refractivity contribution in [2.45, 2.75) is 301 Å². The second-order valence-electron chi connectivity index (χ2n) is 34.2. The van der Waals surface area contributed by atoms with Gasteiger partial charge in [0, 0.05) is 26.2 Å². The van der Waals surface area contributed by atoms with E-state index in [4.69, 9.17) is 37.9 Å². The predicted molar refractivity (Wildman–Crippen MR) is 474 cm³/mol.